The molecule has 0 spiro atoms. The first kappa shape index (κ1) is 18.4. The fraction of sp³-hybridized carbons (Fsp3) is 0.350. The molecule has 0 bridgehead atoms. The highest BCUT2D eigenvalue weighted by Crippen LogP contribution is 2.21. The minimum absolute atomic E-state index is 0.215. The van der Waals surface area contributed by atoms with Crippen LogP contribution in [-0.2, 0) is 11.3 Å². The highest BCUT2D eigenvalue weighted by Gasteiger charge is 2.20. The number of ether oxygens (including phenoxy) is 1. The highest BCUT2D eigenvalue weighted by molar-refractivity contribution is 5.92. The van der Waals surface area contributed by atoms with Crippen molar-refractivity contribution in [2.24, 2.45) is 0 Å². The summed E-state index contributed by atoms with van der Waals surface area (Å²) in [4.78, 5) is 14.9. The molecule has 8 heteroatoms. The Bertz CT molecular complexity index is 916. The smallest absolute Gasteiger partial charge is 0.273 e. The van der Waals surface area contributed by atoms with Crippen LogP contribution in [0.2, 0.25) is 0 Å². The van der Waals surface area contributed by atoms with Crippen molar-refractivity contribution in [3.8, 4) is 5.69 Å². The van der Waals surface area contributed by atoms with Gasteiger partial charge in [0.05, 0.1) is 31.5 Å². The van der Waals surface area contributed by atoms with Crippen molar-refractivity contribution in [1.29, 1.82) is 0 Å². The third kappa shape index (κ3) is 4.13. The monoisotopic (exact) mass is 381 g/mol. The third-order valence-electron chi connectivity index (χ3n) is 4.78. The molecule has 0 saturated carbocycles. The summed E-state index contributed by atoms with van der Waals surface area (Å²) in [5.41, 5.74) is 2.18. The van der Waals surface area contributed by atoms with Gasteiger partial charge in [-0.25, -0.2) is 4.68 Å². The van der Waals surface area contributed by atoms with Gasteiger partial charge in [-0.15, -0.1) is 0 Å². The predicted molar refractivity (Wildman–Crippen MR) is 102 cm³/mol. The van der Waals surface area contributed by atoms with E-state index in [9.17, 15) is 4.79 Å². The quantitative estimate of drug-likeness (QED) is 0.704. The Morgan fingerprint density at radius 2 is 2.07 bits per heavy atom. The summed E-state index contributed by atoms with van der Waals surface area (Å²) in [5, 5.41) is 11.2. The number of hydrogen-bond acceptors (Lipinski definition) is 6. The van der Waals surface area contributed by atoms with Gasteiger partial charge in [-0.3, -0.25) is 9.69 Å². The molecule has 3 aromatic rings. The van der Waals surface area contributed by atoms with Crippen LogP contribution < -0.4 is 5.32 Å². The largest absolute Gasteiger partial charge is 0.379 e. The Kier molecular flexibility index (Phi) is 5.50. The van der Waals surface area contributed by atoms with E-state index in [1.54, 1.807) is 16.9 Å². The number of rotatable bonds is 6. The van der Waals surface area contributed by atoms with Gasteiger partial charge in [0.15, 0.2) is 11.5 Å². The van der Waals surface area contributed by atoms with Gasteiger partial charge in [-0.2, -0.15) is 5.10 Å². The van der Waals surface area contributed by atoms with E-state index in [1.807, 2.05) is 43.5 Å². The lowest BCUT2D eigenvalue weighted by Crippen LogP contribution is -2.35. The van der Waals surface area contributed by atoms with Crippen molar-refractivity contribution < 1.29 is 14.1 Å². The zero-order valence-corrected chi connectivity index (χ0v) is 15.7. The van der Waals surface area contributed by atoms with Crippen molar-refractivity contribution in [3.05, 3.63) is 65.8 Å². The second-order valence-electron chi connectivity index (χ2n) is 6.77. The van der Waals surface area contributed by atoms with E-state index in [2.05, 4.69) is 20.5 Å². The molecular weight excluding hydrogens is 358 g/mol. The Morgan fingerprint density at radius 1 is 1.25 bits per heavy atom. The molecule has 146 valence electrons. The maximum Gasteiger partial charge on any atom is 0.273 e. The van der Waals surface area contributed by atoms with Crippen LogP contribution >= 0.6 is 0 Å². The van der Waals surface area contributed by atoms with E-state index in [-0.39, 0.29) is 17.6 Å². The molecule has 28 heavy (non-hydrogen) atoms. The number of para-hydroxylation sites is 1. The van der Waals surface area contributed by atoms with Crippen LogP contribution in [0.5, 0.6) is 0 Å². The van der Waals surface area contributed by atoms with E-state index < -0.39 is 0 Å². The second-order valence-corrected chi connectivity index (χ2v) is 6.77. The molecule has 1 aliphatic rings. The molecule has 1 saturated heterocycles. The summed E-state index contributed by atoms with van der Waals surface area (Å²) in [5.74, 6) is 0.413. The van der Waals surface area contributed by atoms with Crippen molar-refractivity contribution in [1.82, 2.24) is 25.2 Å². The van der Waals surface area contributed by atoms with Gasteiger partial charge < -0.3 is 14.6 Å². The first-order valence-electron chi connectivity index (χ1n) is 9.36. The Morgan fingerprint density at radius 3 is 2.86 bits per heavy atom. The van der Waals surface area contributed by atoms with Crippen LogP contribution in [0.3, 0.4) is 0 Å². The van der Waals surface area contributed by atoms with Crippen molar-refractivity contribution in [3.63, 3.8) is 0 Å². The number of aromatic nitrogens is 3. The van der Waals surface area contributed by atoms with Gasteiger partial charge in [-0.05, 0) is 24.6 Å². The Labute approximate surface area is 163 Å². The van der Waals surface area contributed by atoms with E-state index in [0.29, 0.717) is 25.5 Å². The molecule has 1 fully saturated rings. The molecular formula is C20H23N5O3. The highest BCUT2D eigenvalue weighted by atomic mass is 16.5. The number of carbonyl (C=O) groups is 1. The summed E-state index contributed by atoms with van der Waals surface area (Å²) < 4.78 is 12.5. The van der Waals surface area contributed by atoms with Crippen LogP contribution in [0.1, 0.15) is 34.8 Å². The molecule has 0 aliphatic carbocycles. The van der Waals surface area contributed by atoms with Gasteiger partial charge in [-0.1, -0.05) is 23.4 Å². The van der Waals surface area contributed by atoms with Crippen molar-refractivity contribution >= 4 is 5.91 Å². The number of morpholine rings is 1. The molecule has 1 atom stereocenters. The van der Waals surface area contributed by atoms with Crippen molar-refractivity contribution in [2.45, 2.75) is 19.5 Å². The van der Waals surface area contributed by atoms with Crippen LogP contribution in [0.25, 0.3) is 5.69 Å². The maximum absolute atomic E-state index is 12.6. The van der Waals surface area contributed by atoms with E-state index >= 15 is 0 Å². The first-order chi connectivity index (χ1) is 13.7. The lowest BCUT2D eigenvalue weighted by atomic mass is 10.1. The van der Waals surface area contributed by atoms with Gasteiger partial charge >= 0.3 is 0 Å². The number of nitrogens with one attached hydrogen (secondary N) is 1. The first-order valence-corrected chi connectivity index (χ1v) is 9.36. The van der Waals surface area contributed by atoms with Gasteiger partial charge in [0.1, 0.15) is 0 Å². The molecule has 3 heterocycles. The Balaban J connectivity index is 1.43. The summed E-state index contributed by atoms with van der Waals surface area (Å²) in [7, 11) is 0. The molecule has 1 amide bonds. The second kappa shape index (κ2) is 8.37. The fourth-order valence-corrected chi connectivity index (χ4v) is 3.30. The van der Waals surface area contributed by atoms with E-state index in [4.69, 9.17) is 9.26 Å². The Hall–Kier alpha value is -2.97. The van der Waals surface area contributed by atoms with Gasteiger partial charge in [0.2, 0.25) is 0 Å². The number of carbonyl (C=O) groups excluding carboxylic acids is 1. The molecule has 1 aliphatic heterocycles. The number of benzene rings is 1. The zero-order chi connectivity index (χ0) is 19.3. The number of nitrogens with zero attached hydrogens (tertiary/aromatic N) is 4. The standard InChI is InChI=1S/C20H23N5O3/c1-15(17-5-2-3-6-19(17)25-8-4-7-21-25)22-20(26)18-13-16(28-23-18)14-24-9-11-27-12-10-24/h2-8,13,15H,9-12,14H2,1H3,(H,22,26). The lowest BCUT2D eigenvalue weighted by molar-refractivity contribution is 0.0305. The average Bonchev–Trinajstić information content (AvgIpc) is 3.41. The van der Waals surface area contributed by atoms with Crippen LogP contribution in [0.15, 0.2) is 53.3 Å². The molecule has 1 aromatic carbocycles. The molecule has 0 radical (unpaired) electrons. The maximum atomic E-state index is 12.6. The SMILES string of the molecule is CC(NC(=O)c1cc(CN2CCOCC2)on1)c1ccccc1-n1cccn1. The summed E-state index contributed by atoms with van der Waals surface area (Å²) >= 11 is 0. The zero-order valence-electron chi connectivity index (χ0n) is 15.7. The molecule has 1 N–H and O–H groups in total. The topological polar surface area (TPSA) is 85.4 Å². The lowest BCUT2D eigenvalue weighted by Gasteiger charge is -2.25. The third-order valence-corrected chi connectivity index (χ3v) is 4.78. The minimum atomic E-state index is -0.264. The van der Waals surface area contributed by atoms with Gasteiger partial charge in [0.25, 0.3) is 5.91 Å². The van der Waals surface area contributed by atoms with Gasteiger partial charge in [0, 0.05) is 31.5 Å². The summed E-state index contributed by atoms with van der Waals surface area (Å²) in [6.45, 7) is 5.70. The van der Waals surface area contributed by atoms with Crippen LogP contribution in [-0.4, -0.2) is 52.0 Å². The molecule has 1 unspecified atom stereocenters. The van der Waals surface area contributed by atoms with E-state index in [1.165, 1.54) is 0 Å². The summed E-state index contributed by atoms with van der Waals surface area (Å²) in [6, 6.07) is 11.2. The molecule has 8 nitrogen and oxygen atoms in total. The minimum Gasteiger partial charge on any atom is -0.379 e. The van der Waals surface area contributed by atoms with Crippen LogP contribution in [0.4, 0.5) is 0 Å². The average molecular weight is 381 g/mol. The van der Waals surface area contributed by atoms with Crippen LogP contribution in [0, 0.1) is 0 Å². The normalized spacial score (nSPS) is 16.0. The molecule has 2 aromatic heterocycles. The van der Waals surface area contributed by atoms with Crippen molar-refractivity contribution in [2.75, 3.05) is 26.3 Å². The summed E-state index contributed by atoms with van der Waals surface area (Å²) in [6.07, 6.45) is 3.61. The number of hydrogen-bond donors (Lipinski definition) is 1. The molecule has 4 rings (SSSR count). The fourth-order valence-electron chi connectivity index (χ4n) is 3.30. The van der Waals surface area contributed by atoms with E-state index in [0.717, 1.165) is 24.3 Å². The number of amides is 1. The predicted octanol–water partition coefficient (Wildman–Crippen LogP) is 2.18.